The molecule has 1 heterocycles. The predicted molar refractivity (Wildman–Crippen MR) is 82.2 cm³/mol. The van der Waals surface area contributed by atoms with E-state index in [2.05, 4.69) is 20.8 Å². The van der Waals surface area contributed by atoms with Gasteiger partial charge in [-0.1, -0.05) is 15.9 Å². The molecule has 2 atom stereocenters. The molecule has 6 heteroatoms. The Morgan fingerprint density at radius 2 is 2.16 bits per heavy atom. The molecule has 1 aromatic carbocycles. The number of hydrogen-bond acceptors (Lipinski definition) is 4. The SMILES string of the molecule is CC(N)c1cc(Br)ccc1N1CCS(=O)(=O)CC1C. The highest BCUT2D eigenvalue weighted by molar-refractivity contribution is 9.10. The van der Waals surface area contributed by atoms with Crippen LogP contribution in [0.2, 0.25) is 0 Å². The van der Waals surface area contributed by atoms with Crippen molar-refractivity contribution in [3.05, 3.63) is 28.2 Å². The third-order valence-electron chi connectivity index (χ3n) is 3.46. The van der Waals surface area contributed by atoms with Crippen LogP contribution in [0, 0.1) is 0 Å². The topological polar surface area (TPSA) is 63.4 Å². The predicted octanol–water partition coefficient (Wildman–Crippen LogP) is 2.09. The van der Waals surface area contributed by atoms with Gasteiger partial charge < -0.3 is 10.6 Å². The molecule has 4 nitrogen and oxygen atoms in total. The van der Waals surface area contributed by atoms with Crippen molar-refractivity contribution in [2.45, 2.75) is 25.9 Å². The summed E-state index contributed by atoms with van der Waals surface area (Å²) in [6.45, 7) is 4.42. The maximum Gasteiger partial charge on any atom is 0.154 e. The van der Waals surface area contributed by atoms with Crippen LogP contribution in [0.1, 0.15) is 25.5 Å². The summed E-state index contributed by atoms with van der Waals surface area (Å²) in [5.41, 5.74) is 8.11. The van der Waals surface area contributed by atoms with Gasteiger partial charge in [-0.3, -0.25) is 0 Å². The molecule has 19 heavy (non-hydrogen) atoms. The lowest BCUT2D eigenvalue weighted by molar-refractivity contribution is 0.567. The van der Waals surface area contributed by atoms with E-state index < -0.39 is 9.84 Å². The van der Waals surface area contributed by atoms with E-state index in [9.17, 15) is 8.42 Å². The molecule has 1 fully saturated rings. The van der Waals surface area contributed by atoms with Gasteiger partial charge in [-0.05, 0) is 37.6 Å². The molecule has 106 valence electrons. The van der Waals surface area contributed by atoms with Crippen LogP contribution < -0.4 is 10.6 Å². The molecule has 2 rings (SSSR count). The maximum absolute atomic E-state index is 11.7. The van der Waals surface area contributed by atoms with Crippen molar-refractivity contribution >= 4 is 31.5 Å². The van der Waals surface area contributed by atoms with Crippen molar-refractivity contribution in [2.24, 2.45) is 5.73 Å². The largest absolute Gasteiger partial charge is 0.367 e. The van der Waals surface area contributed by atoms with Crippen molar-refractivity contribution < 1.29 is 8.42 Å². The summed E-state index contributed by atoms with van der Waals surface area (Å²) in [5, 5.41) is 0. The van der Waals surface area contributed by atoms with Gasteiger partial charge in [0.25, 0.3) is 0 Å². The highest BCUT2D eigenvalue weighted by atomic mass is 79.9. The van der Waals surface area contributed by atoms with Gasteiger partial charge >= 0.3 is 0 Å². The van der Waals surface area contributed by atoms with Crippen LogP contribution in [-0.2, 0) is 9.84 Å². The fraction of sp³-hybridized carbons (Fsp3) is 0.538. The second kappa shape index (κ2) is 5.42. The van der Waals surface area contributed by atoms with E-state index in [1.165, 1.54) is 0 Å². The first-order chi connectivity index (χ1) is 8.80. The maximum atomic E-state index is 11.7. The number of hydrogen-bond donors (Lipinski definition) is 1. The Bertz CT molecular complexity index is 572. The summed E-state index contributed by atoms with van der Waals surface area (Å²) < 4.78 is 24.3. The van der Waals surface area contributed by atoms with E-state index >= 15 is 0 Å². The zero-order valence-electron chi connectivity index (χ0n) is 11.1. The fourth-order valence-corrected chi connectivity index (χ4v) is 4.44. The number of rotatable bonds is 2. The number of halogens is 1. The highest BCUT2D eigenvalue weighted by Crippen LogP contribution is 2.31. The van der Waals surface area contributed by atoms with Gasteiger partial charge in [0.2, 0.25) is 0 Å². The molecule has 0 saturated carbocycles. The number of benzene rings is 1. The van der Waals surface area contributed by atoms with Crippen LogP contribution in [-0.4, -0.2) is 32.5 Å². The molecule has 0 radical (unpaired) electrons. The van der Waals surface area contributed by atoms with E-state index in [-0.39, 0.29) is 23.6 Å². The minimum atomic E-state index is -2.90. The second-order valence-corrected chi connectivity index (χ2v) is 8.29. The average Bonchev–Trinajstić information content (AvgIpc) is 2.28. The third-order valence-corrected chi connectivity index (χ3v) is 5.75. The standard InChI is InChI=1S/C13H19BrN2O2S/c1-9-8-19(17,18)6-5-16(9)13-4-3-11(14)7-12(13)10(2)15/h3-4,7,9-10H,5-6,8,15H2,1-2H3. The molecule has 2 unspecified atom stereocenters. The molecule has 0 aliphatic carbocycles. The zero-order chi connectivity index (χ0) is 14.2. The summed E-state index contributed by atoms with van der Waals surface area (Å²) >= 11 is 3.45. The van der Waals surface area contributed by atoms with Gasteiger partial charge in [0.15, 0.2) is 9.84 Å². The van der Waals surface area contributed by atoms with Crippen molar-refractivity contribution in [3.63, 3.8) is 0 Å². The minimum Gasteiger partial charge on any atom is -0.367 e. The lowest BCUT2D eigenvalue weighted by Crippen LogP contribution is -2.47. The quantitative estimate of drug-likeness (QED) is 0.890. The van der Waals surface area contributed by atoms with Gasteiger partial charge in [-0.15, -0.1) is 0 Å². The summed E-state index contributed by atoms with van der Waals surface area (Å²) in [4.78, 5) is 2.15. The lowest BCUT2D eigenvalue weighted by Gasteiger charge is -2.37. The first-order valence-electron chi connectivity index (χ1n) is 6.32. The molecule has 0 aromatic heterocycles. The first-order valence-corrected chi connectivity index (χ1v) is 8.94. The van der Waals surface area contributed by atoms with Crippen LogP contribution in [0.5, 0.6) is 0 Å². The molecular weight excluding hydrogens is 328 g/mol. The molecule has 0 bridgehead atoms. The van der Waals surface area contributed by atoms with Gasteiger partial charge in [0, 0.05) is 28.8 Å². The Kier molecular flexibility index (Phi) is 4.23. The molecule has 1 saturated heterocycles. The molecule has 1 aliphatic heterocycles. The smallest absolute Gasteiger partial charge is 0.154 e. The van der Waals surface area contributed by atoms with Crippen molar-refractivity contribution in [1.29, 1.82) is 0 Å². The number of nitrogens with two attached hydrogens (primary N) is 1. The molecule has 0 spiro atoms. The Morgan fingerprint density at radius 3 is 2.74 bits per heavy atom. The molecule has 2 N–H and O–H groups in total. The van der Waals surface area contributed by atoms with Crippen molar-refractivity contribution in [1.82, 2.24) is 0 Å². The van der Waals surface area contributed by atoms with Gasteiger partial charge in [0.1, 0.15) is 0 Å². The molecule has 0 amide bonds. The number of nitrogens with zero attached hydrogens (tertiary/aromatic N) is 1. The third kappa shape index (κ3) is 3.30. The van der Waals surface area contributed by atoms with Crippen LogP contribution in [0.3, 0.4) is 0 Å². The van der Waals surface area contributed by atoms with Gasteiger partial charge in [0.05, 0.1) is 11.5 Å². The summed E-state index contributed by atoms with van der Waals surface area (Å²) in [6.07, 6.45) is 0. The van der Waals surface area contributed by atoms with E-state index in [4.69, 9.17) is 5.73 Å². The van der Waals surface area contributed by atoms with E-state index in [1.807, 2.05) is 32.0 Å². The Morgan fingerprint density at radius 1 is 1.47 bits per heavy atom. The van der Waals surface area contributed by atoms with E-state index in [1.54, 1.807) is 0 Å². The van der Waals surface area contributed by atoms with Crippen LogP contribution in [0.25, 0.3) is 0 Å². The first kappa shape index (κ1) is 14.8. The summed E-state index contributed by atoms with van der Waals surface area (Å²) in [5.74, 6) is 0.424. The fourth-order valence-electron chi connectivity index (χ4n) is 2.51. The van der Waals surface area contributed by atoms with Crippen LogP contribution in [0.15, 0.2) is 22.7 Å². The minimum absolute atomic E-state index is 0.0163. The van der Waals surface area contributed by atoms with Gasteiger partial charge in [-0.2, -0.15) is 0 Å². The summed E-state index contributed by atoms with van der Waals surface area (Å²) in [7, 11) is -2.90. The second-order valence-electron chi connectivity index (χ2n) is 5.15. The lowest BCUT2D eigenvalue weighted by atomic mass is 10.0. The molecule has 1 aliphatic rings. The van der Waals surface area contributed by atoms with E-state index in [0.29, 0.717) is 6.54 Å². The summed E-state index contributed by atoms with van der Waals surface area (Å²) in [6, 6.07) is 5.89. The number of sulfone groups is 1. The van der Waals surface area contributed by atoms with Crippen molar-refractivity contribution in [3.8, 4) is 0 Å². The average molecular weight is 347 g/mol. The van der Waals surface area contributed by atoms with Crippen LogP contribution >= 0.6 is 15.9 Å². The van der Waals surface area contributed by atoms with Gasteiger partial charge in [-0.25, -0.2) is 8.42 Å². The van der Waals surface area contributed by atoms with Crippen molar-refractivity contribution in [2.75, 3.05) is 23.0 Å². The Balaban J connectivity index is 2.37. The van der Waals surface area contributed by atoms with Crippen LogP contribution in [0.4, 0.5) is 5.69 Å². The molecule has 1 aromatic rings. The zero-order valence-corrected chi connectivity index (χ0v) is 13.5. The van der Waals surface area contributed by atoms with E-state index in [0.717, 1.165) is 15.7 Å². The monoisotopic (exact) mass is 346 g/mol. The Hall–Kier alpha value is -0.590. The Labute approximate surface area is 123 Å². The highest BCUT2D eigenvalue weighted by Gasteiger charge is 2.29. The normalized spacial score (nSPS) is 24.2. The number of anilines is 1. The molecular formula is C13H19BrN2O2S.